The second-order valence-electron chi connectivity index (χ2n) is 4.58. The van der Waals surface area contributed by atoms with Crippen LogP contribution in [0.15, 0.2) is 22.7 Å². The van der Waals surface area contributed by atoms with Crippen molar-refractivity contribution in [2.75, 3.05) is 13.2 Å². The van der Waals surface area contributed by atoms with Crippen LogP contribution in [0.5, 0.6) is 0 Å². The number of nitrogens with two attached hydrogens (primary N) is 1. The molecule has 4 heteroatoms. The molecule has 0 aromatic heterocycles. The highest BCUT2D eigenvalue weighted by atomic mass is 79.9. The summed E-state index contributed by atoms with van der Waals surface area (Å²) in [7, 11) is 0. The quantitative estimate of drug-likeness (QED) is 0.928. The minimum Gasteiger partial charge on any atom is -0.379 e. The fourth-order valence-electron chi connectivity index (χ4n) is 2.25. The van der Waals surface area contributed by atoms with Gasteiger partial charge in [-0.25, -0.2) is 4.39 Å². The van der Waals surface area contributed by atoms with Crippen molar-refractivity contribution in [3.05, 3.63) is 34.1 Å². The van der Waals surface area contributed by atoms with Crippen molar-refractivity contribution in [1.29, 1.82) is 0 Å². The van der Waals surface area contributed by atoms with Crippen molar-refractivity contribution < 1.29 is 9.13 Å². The van der Waals surface area contributed by atoms with Crippen LogP contribution in [-0.4, -0.2) is 19.3 Å². The Balaban J connectivity index is 2.36. The lowest BCUT2D eigenvalue weighted by molar-refractivity contribution is -0.0681. The normalized spacial score (nSPS) is 20.2. The molecule has 0 spiro atoms. The first-order valence-corrected chi connectivity index (χ1v) is 6.12. The summed E-state index contributed by atoms with van der Waals surface area (Å²) in [6.45, 7) is 3.06. The highest BCUT2D eigenvalue weighted by Gasteiger charge is 2.42. The molecule has 1 aromatic carbocycles. The van der Waals surface area contributed by atoms with E-state index in [1.54, 1.807) is 6.07 Å². The van der Waals surface area contributed by atoms with Gasteiger partial charge in [-0.3, -0.25) is 0 Å². The first-order chi connectivity index (χ1) is 7.53. The summed E-state index contributed by atoms with van der Waals surface area (Å²) in [5, 5.41) is 0. The van der Waals surface area contributed by atoms with Gasteiger partial charge >= 0.3 is 0 Å². The fourth-order valence-corrected chi connectivity index (χ4v) is 2.61. The van der Waals surface area contributed by atoms with Crippen LogP contribution in [0.4, 0.5) is 4.39 Å². The van der Waals surface area contributed by atoms with E-state index in [0.29, 0.717) is 18.8 Å². The summed E-state index contributed by atoms with van der Waals surface area (Å²) in [5.74, 6) is -0.174. The third-order valence-electron chi connectivity index (χ3n) is 2.97. The maximum atomic E-state index is 13.8. The zero-order valence-electron chi connectivity index (χ0n) is 9.17. The van der Waals surface area contributed by atoms with Crippen LogP contribution in [0.3, 0.4) is 0 Å². The Morgan fingerprint density at radius 3 is 2.75 bits per heavy atom. The maximum absolute atomic E-state index is 13.8. The molecule has 1 aromatic rings. The van der Waals surface area contributed by atoms with Gasteiger partial charge in [-0.1, -0.05) is 15.9 Å². The van der Waals surface area contributed by atoms with E-state index in [9.17, 15) is 4.39 Å². The molecular formula is C12H15BrFNO. The van der Waals surface area contributed by atoms with Crippen molar-refractivity contribution in [3.8, 4) is 0 Å². The summed E-state index contributed by atoms with van der Waals surface area (Å²) in [5.41, 5.74) is 6.30. The van der Waals surface area contributed by atoms with E-state index in [-0.39, 0.29) is 17.3 Å². The van der Waals surface area contributed by atoms with Crippen LogP contribution in [0.25, 0.3) is 0 Å². The number of halogens is 2. The first kappa shape index (κ1) is 12.0. The van der Waals surface area contributed by atoms with Gasteiger partial charge in [0.1, 0.15) is 5.82 Å². The van der Waals surface area contributed by atoms with Gasteiger partial charge in [-0.15, -0.1) is 0 Å². The van der Waals surface area contributed by atoms with E-state index in [1.165, 1.54) is 6.07 Å². The molecule has 0 saturated carbocycles. The molecule has 2 nitrogen and oxygen atoms in total. The third-order valence-corrected chi connectivity index (χ3v) is 3.46. The summed E-state index contributed by atoms with van der Waals surface area (Å²) < 4.78 is 20.0. The highest BCUT2D eigenvalue weighted by Crippen LogP contribution is 2.38. The Kier molecular flexibility index (Phi) is 3.33. The van der Waals surface area contributed by atoms with E-state index in [4.69, 9.17) is 10.5 Å². The molecule has 2 rings (SSSR count). The number of ether oxygens (including phenoxy) is 1. The standard InChI is InChI=1S/C12H15BrFNO/c1-8(15)5-12(6-16-7-12)10-4-9(13)2-3-11(10)14/h2-4,8H,5-7,15H2,1H3. The lowest BCUT2D eigenvalue weighted by Gasteiger charge is -2.43. The topological polar surface area (TPSA) is 35.2 Å². The van der Waals surface area contributed by atoms with Crippen LogP contribution in [0, 0.1) is 5.82 Å². The summed E-state index contributed by atoms with van der Waals surface area (Å²) in [6.07, 6.45) is 0.750. The van der Waals surface area contributed by atoms with Crippen molar-refractivity contribution in [2.45, 2.75) is 24.8 Å². The predicted octanol–water partition coefficient (Wildman–Crippen LogP) is 2.59. The van der Waals surface area contributed by atoms with Crippen molar-refractivity contribution in [3.63, 3.8) is 0 Å². The Hall–Kier alpha value is -0.450. The molecule has 0 radical (unpaired) electrons. The van der Waals surface area contributed by atoms with E-state index >= 15 is 0 Å². The molecule has 1 fully saturated rings. The number of hydrogen-bond donors (Lipinski definition) is 1. The second-order valence-corrected chi connectivity index (χ2v) is 5.49. The number of benzene rings is 1. The molecule has 0 amide bonds. The van der Waals surface area contributed by atoms with Gasteiger partial charge in [-0.05, 0) is 37.1 Å². The predicted molar refractivity (Wildman–Crippen MR) is 64.9 cm³/mol. The van der Waals surface area contributed by atoms with E-state index in [0.717, 1.165) is 10.9 Å². The van der Waals surface area contributed by atoms with Gasteiger partial charge in [0.2, 0.25) is 0 Å². The molecule has 2 N–H and O–H groups in total. The molecule has 1 heterocycles. The fraction of sp³-hybridized carbons (Fsp3) is 0.500. The molecular weight excluding hydrogens is 273 g/mol. The minimum atomic E-state index is -0.234. The van der Waals surface area contributed by atoms with Crippen molar-refractivity contribution >= 4 is 15.9 Å². The van der Waals surface area contributed by atoms with Crippen LogP contribution in [0.1, 0.15) is 18.9 Å². The molecule has 1 atom stereocenters. The molecule has 88 valence electrons. The Morgan fingerprint density at radius 1 is 1.56 bits per heavy atom. The summed E-state index contributed by atoms with van der Waals surface area (Å²) in [4.78, 5) is 0. The molecule has 0 bridgehead atoms. The average molecular weight is 288 g/mol. The zero-order valence-corrected chi connectivity index (χ0v) is 10.8. The van der Waals surface area contributed by atoms with Gasteiger partial charge in [0.15, 0.2) is 0 Å². The molecule has 1 unspecified atom stereocenters. The Bertz CT molecular complexity index is 391. The maximum Gasteiger partial charge on any atom is 0.127 e. The van der Waals surface area contributed by atoms with E-state index < -0.39 is 0 Å². The molecule has 1 aliphatic rings. The zero-order chi connectivity index (χ0) is 11.8. The Morgan fingerprint density at radius 2 is 2.25 bits per heavy atom. The van der Waals surface area contributed by atoms with E-state index in [2.05, 4.69) is 15.9 Å². The molecule has 0 aliphatic carbocycles. The molecule has 1 saturated heterocycles. The van der Waals surface area contributed by atoms with Crippen LogP contribution in [0.2, 0.25) is 0 Å². The SMILES string of the molecule is CC(N)CC1(c2cc(Br)ccc2F)COC1. The summed E-state index contributed by atoms with van der Waals surface area (Å²) in [6, 6.07) is 5.07. The average Bonchev–Trinajstić information content (AvgIpc) is 2.15. The summed E-state index contributed by atoms with van der Waals surface area (Å²) >= 11 is 3.37. The van der Waals surface area contributed by atoms with Crippen LogP contribution >= 0.6 is 15.9 Å². The van der Waals surface area contributed by atoms with E-state index in [1.807, 2.05) is 13.0 Å². The van der Waals surface area contributed by atoms with Crippen LogP contribution < -0.4 is 5.73 Å². The van der Waals surface area contributed by atoms with Gasteiger partial charge in [-0.2, -0.15) is 0 Å². The first-order valence-electron chi connectivity index (χ1n) is 5.32. The van der Waals surface area contributed by atoms with Gasteiger partial charge in [0.25, 0.3) is 0 Å². The highest BCUT2D eigenvalue weighted by molar-refractivity contribution is 9.10. The number of rotatable bonds is 3. The molecule has 1 aliphatic heterocycles. The van der Waals surface area contributed by atoms with Gasteiger partial charge < -0.3 is 10.5 Å². The smallest absolute Gasteiger partial charge is 0.127 e. The lowest BCUT2D eigenvalue weighted by atomic mass is 9.74. The largest absolute Gasteiger partial charge is 0.379 e. The van der Waals surface area contributed by atoms with Crippen LogP contribution in [-0.2, 0) is 10.2 Å². The monoisotopic (exact) mass is 287 g/mol. The third kappa shape index (κ3) is 2.14. The number of hydrogen-bond acceptors (Lipinski definition) is 2. The van der Waals surface area contributed by atoms with Crippen molar-refractivity contribution in [1.82, 2.24) is 0 Å². The van der Waals surface area contributed by atoms with Gasteiger partial charge in [0, 0.05) is 15.9 Å². The molecule has 16 heavy (non-hydrogen) atoms. The minimum absolute atomic E-state index is 0.0438. The lowest BCUT2D eigenvalue weighted by Crippen LogP contribution is -2.50. The van der Waals surface area contributed by atoms with Crippen molar-refractivity contribution in [2.24, 2.45) is 5.73 Å². The van der Waals surface area contributed by atoms with Gasteiger partial charge in [0.05, 0.1) is 13.2 Å². The second kappa shape index (κ2) is 4.43. The Labute approximate surface area is 103 Å².